The molecule has 0 radical (unpaired) electrons. The molecular formula is C19H29N3O5S2. The van der Waals surface area contributed by atoms with Gasteiger partial charge >= 0.3 is 0 Å². The summed E-state index contributed by atoms with van der Waals surface area (Å²) in [6.45, 7) is 1.69. The van der Waals surface area contributed by atoms with Crippen LogP contribution in [0, 0.1) is 0 Å². The third kappa shape index (κ3) is 5.56. The Kier molecular flexibility index (Phi) is 6.98. The van der Waals surface area contributed by atoms with E-state index in [-0.39, 0.29) is 23.0 Å². The second-order valence-corrected chi connectivity index (χ2v) is 11.7. The summed E-state index contributed by atoms with van der Waals surface area (Å²) in [6, 6.07) is 5.78. The molecule has 2 fully saturated rings. The van der Waals surface area contributed by atoms with Gasteiger partial charge in [-0.2, -0.15) is 4.31 Å². The van der Waals surface area contributed by atoms with Crippen LogP contribution in [0.1, 0.15) is 48.9 Å². The van der Waals surface area contributed by atoms with Gasteiger partial charge in [0.2, 0.25) is 20.0 Å². The van der Waals surface area contributed by atoms with Crippen molar-refractivity contribution in [2.24, 2.45) is 0 Å². The van der Waals surface area contributed by atoms with Crippen LogP contribution in [-0.4, -0.2) is 69.8 Å². The van der Waals surface area contributed by atoms with Crippen molar-refractivity contribution in [1.82, 2.24) is 13.9 Å². The summed E-state index contributed by atoms with van der Waals surface area (Å²) in [7, 11) is -6.94. The number of carbonyl (C=O) groups excluding carboxylic acids is 1. The maximum Gasteiger partial charge on any atom is 0.251 e. The number of sulfonamides is 2. The summed E-state index contributed by atoms with van der Waals surface area (Å²) in [5, 5.41) is 2.85. The molecule has 3 rings (SSSR count). The molecule has 0 aliphatic carbocycles. The zero-order valence-electron chi connectivity index (χ0n) is 16.7. The van der Waals surface area contributed by atoms with Crippen molar-refractivity contribution in [3.05, 3.63) is 29.8 Å². The van der Waals surface area contributed by atoms with Gasteiger partial charge < -0.3 is 5.32 Å². The van der Waals surface area contributed by atoms with Gasteiger partial charge in [-0.3, -0.25) is 4.79 Å². The summed E-state index contributed by atoms with van der Waals surface area (Å²) in [6.07, 6.45) is 6.26. The fourth-order valence-electron chi connectivity index (χ4n) is 3.86. The third-order valence-corrected chi connectivity index (χ3v) is 8.65. The highest BCUT2D eigenvalue weighted by Gasteiger charge is 2.28. The molecule has 1 N–H and O–H groups in total. The summed E-state index contributed by atoms with van der Waals surface area (Å²) >= 11 is 0. The third-order valence-electron chi connectivity index (χ3n) is 5.49. The van der Waals surface area contributed by atoms with Crippen LogP contribution in [0.2, 0.25) is 0 Å². The number of rotatable bonds is 5. The summed E-state index contributed by atoms with van der Waals surface area (Å²) in [5.41, 5.74) is 0.261. The second-order valence-electron chi connectivity index (χ2n) is 7.78. The van der Waals surface area contributed by atoms with Crippen LogP contribution >= 0.6 is 0 Å². The summed E-state index contributed by atoms with van der Waals surface area (Å²) in [4.78, 5) is 12.8. The minimum Gasteiger partial charge on any atom is -0.348 e. The van der Waals surface area contributed by atoms with Gasteiger partial charge in [-0.05, 0) is 43.9 Å². The normalized spacial score (nSPS) is 22.7. The number of carbonyl (C=O) groups is 1. The average Bonchev–Trinajstić information content (AvgIpc) is 2.98. The van der Waals surface area contributed by atoms with Crippen molar-refractivity contribution in [3.8, 4) is 0 Å². The van der Waals surface area contributed by atoms with Gasteiger partial charge in [-0.25, -0.2) is 21.1 Å². The number of amides is 1. The van der Waals surface area contributed by atoms with Gasteiger partial charge in [0.1, 0.15) is 0 Å². The Bertz CT molecular complexity index is 938. The highest BCUT2D eigenvalue weighted by atomic mass is 32.2. The van der Waals surface area contributed by atoms with Crippen LogP contribution < -0.4 is 5.32 Å². The molecule has 162 valence electrons. The number of nitrogens with one attached hydrogen (secondary N) is 1. The largest absolute Gasteiger partial charge is 0.348 e. The first-order valence-corrected chi connectivity index (χ1v) is 13.3. The lowest BCUT2D eigenvalue weighted by Crippen LogP contribution is -2.49. The minimum atomic E-state index is -3.64. The van der Waals surface area contributed by atoms with Gasteiger partial charge in [0.05, 0.1) is 11.2 Å². The van der Waals surface area contributed by atoms with E-state index in [2.05, 4.69) is 5.32 Å². The van der Waals surface area contributed by atoms with E-state index in [9.17, 15) is 21.6 Å². The molecule has 10 heteroatoms. The maximum atomic E-state index is 13.0. The van der Waals surface area contributed by atoms with Crippen LogP contribution in [0.3, 0.4) is 0 Å². The number of nitrogens with zero attached hydrogens (tertiary/aromatic N) is 2. The topological polar surface area (TPSA) is 104 Å². The predicted octanol–water partition coefficient (Wildman–Crippen LogP) is 1.41. The molecule has 1 atom stereocenters. The van der Waals surface area contributed by atoms with Crippen molar-refractivity contribution >= 4 is 26.0 Å². The smallest absolute Gasteiger partial charge is 0.251 e. The number of hydrogen-bond donors (Lipinski definition) is 1. The molecule has 8 nitrogen and oxygen atoms in total. The van der Waals surface area contributed by atoms with E-state index in [1.165, 1.54) is 20.7 Å². The van der Waals surface area contributed by atoms with Crippen LogP contribution in [0.4, 0.5) is 0 Å². The summed E-state index contributed by atoms with van der Waals surface area (Å²) < 4.78 is 52.3. The average molecular weight is 444 g/mol. The van der Waals surface area contributed by atoms with E-state index in [4.69, 9.17) is 0 Å². The Morgan fingerprint density at radius 3 is 2.28 bits per heavy atom. The Hall–Kier alpha value is -1.49. The molecule has 2 saturated heterocycles. The van der Waals surface area contributed by atoms with Gasteiger partial charge in [0, 0.05) is 37.8 Å². The predicted molar refractivity (Wildman–Crippen MR) is 111 cm³/mol. The highest BCUT2D eigenvalue weighted by molar-refractivity contribution is 7.89. The molecule has 1 amide bonds. The molecule has 0 aromatic heterocycles. The van der Waals surface area contributed by atoms with E-state index in [0.717, 1.165) is 31.9 Å². The molecule has 2 aliphatic heterocycles. The maximum absolute atomic E-state index is 13.0. The minimum absolute atomic E-state index is 0.119. The highest BCUT2D eigenvalue weighted by Crippen LogP contribution is 2.21. The van der Waals surface area contributed by atoms with Gasteiger partial charge in [0.15, 0.2) is 0 Å². The van der Waals surface area contributed by atoms with Crippen molar-refractivity contribution in [3.63, 3.8) is 0 Å². The van der Waals surface area contributed by atoms with E-state index in [0.29, 0.717) is 32.5 Å². The molecule has 29 heavy (non-hydrogen) atoms. The Balaban J connectivity index is 1.72. The SMILES string of the molecule is CS(=O)(=O)N1CCCC(NC(=O)c2cccc(S(=O)(=O)N3CCCCCC3)c2)C1. The first kappa shape index (κ1) is 22.2. The van der Waals surface area contributed by atoms with Crippen LogP contribution in [0.25, 0.3) is 0 Å². The lowest BCUT2D eigenvalue weighted by atomic mass is 10.1. The Morgan fingerprint density at radius 1 is 0.966 bits per heavy atom. The van der Waals surface area contributed by atoms with Gasteiger partial charge in [-0.15, -0.1) is 0 Å². The number of benzene rings is 1. The molecule has 0 bridgehead atoms. The first-order valence-electron chi connectivity index (χ1n) is 10.0. The molecule has 2 heterocycles. The standard InChI is InChI=1S/C19H29N3O5S2/c1-28(24,25)22-13-7-9-17(15-22)20-19(23)16-8-6-10-18(14-16)29(26,27)21-11-4-2-3-5-12-21/h6,8,10,14,17H,2-5,7,9,11-13,15H2,1H3,(H,20,23). The van der Waals surface area contributed by atoms with Crippen molar-refractivity contribution in [2.45, 2.75) is 49.5 Å². The molecule has 1 aromatic carbocycles. The van der Waals surface area contributed by atoms with Crippen LogP contribution in [0.5, 0.6) is 0 Å². The monoisotopic (exact) mass is 443 g/mol. The fraction of sp³-hybridized carbons (Fsp3) is 0.632. The quantitative estimate of drug-likeness (QED) is 0.741. The molecule has 1 unspecified atom stereocenters. The number of hydrogen-bond acceptors (Lipinski definition) is 5. The van der Waals surface area contributed by atoms with Crippen LogP contribution in [-0.2, 0) is 20.0 Å². The zero-order valence-corrected chi connectivity index (χ0v) is 18.3. The van der Waals surface area contributed by atoms with Crippen LogP contribution in [0.15, 0.2) is 29.2 Å². The second kappa shape index (κ2) is 9.11. The molecule has 2 aliphatic rings. The van der Waals surface area contributed by atoms with E-state index in [1.807, 2.05) is 0 Å². The summed E-state index contributed by atoms with van der Waals surface area (Å²) in [5.74, 6) is -0.390. The first-order chi connectivity index (χ1) is 13.7. The van der Waals surface area contributed by atoms with E-state index >= 15 is 0 Å². The van der Waals surface area contributed by atoms with E-state index < -0.39 is 26.0 Å². The lowest BCUT2D eigenvalue weighted by molar-refractivity contribution is 0.0921. The Labute approximate surface area is 173 Å². The molecular weight excluding hydrogens is 414 g/mol. The van der Waals surface area contributed by atoms with Crippen molar-refractivity contribution in [1.29, 1.82) is 0 Å². The van der Waals surface area contributed by atoms with Gasteiger partial charge in [0.25, 0.3) is 5.91 Å². The molecule has 0 spiro atoms. The van der Waals surface area contributed by atoms with E-state index in [1.54, 1.807) is 12.1 Å². The molecule has 0 saturated carbocycles. The fourth-order valence-corrected chi connectivity index (χ4v) is 6.33. The van der Waals surface area contributed by atoms with Crippen molar-refractivity contribution < 1.29 is 21.6 Å². The zero-order chi connectivity index (χ0) is 21.1. The number of piperidine rings is 1. The Morgan fingerprint density at radius 2 is 1.62 bits per heavy atom. The van der Waals surface area contributed by atoms with Gasteiger partial charge in [-0.1, -0.05) is 18.9 Å². The lowest BCUT2D eigenvalue weighted by Gasteiger charge is -2.31. The van der Waals surface area contributed by atoms with Crippen molar-refractivity contribution in [2.75, 3.05) is 32.4 Å². The molecule has 1 aromatic rings.